The second kappa shape index (κ2) is 6.73. The summed E-state index contributed by atoms with van der Waals surface area (Å²) in [5.41, 5.74) is 0.784. The van der Waals surface area contributed by atoms with Gasteiger partial charge < -0.3 is 9.30 Å². The summed E-state index contributed by atoms with van der Waals surface area (Å²) >= 11 is 0. The van der Waals surface area contributed by atoms with Gasteiger partial charge in [-0.2, -0.15) is 10.5 Å². The normalized spacial score (nSPS) is 10.6. The van der Waals surface area contributed by atoms with E-state index in [4.69, 9.17) is 10.1 Å². The number of ether oxygens (including phenoxy) is 1. The number of para-hydroxylation sites is 1. The van der Waals surface area contributed by atoms with Crippen molar-refractivity contribution in [3.8, 4) is 12.1 Å². The fraction of sp³-hybridized carbons (Fsp3) is 0.263. The maximum absolute atomic E-state index is 12.7. The number of carbonyl (C=O) groups is 1. The predicted octanol–water partition coefficient (Wildman–Crippen LogP) is 3.14. The van der Waals surface area contributed by atoms with Gasteiger partial charge in [-0.15, -0.1) is 0 Å². The van der Waals surface area contributed by atoms with Crippen LogP contribution in [0.1, 0.15) is 30.9 Å². The van der Waals surface area contributed by atoms with E-state index in [0.29, 0.717) is 17.5 Å². The van der Waals surface area contributed by atoms with Crippen LogP contribution in [0, 0.1) is 28.1 Å². The molecule has 0 fully saturated rings. The molecule has 1 N–H and O–H groups in total. The Bertz CT molecular complexity index is 1170. The summed E-state index contributed by atoms with van der Waals surface area (Å²) in [4.78, 5) is 12.7. The number of unbranched alkanes of at least 4 members (excludes halogenated alkanes) is 1. The van der Waals surface area contributed by atoms with Gasteiger partial charge in [0.05, 0.1) is 17.7 Å². The number of rotatable bonds is 3. The Balaban J connectivity index is 2.47. The summed E-state index contributed by atoms with van der Waals surface area (Å²) in [6, 6.07) is 11.3. The molecule has 0 aliphatic rings. The topological polar surface area (TPSA) is 108 Å². The predicted molar refractivity (Wildman–Crippen MR) is 95.4 cm³/mol. The summed E-state index contributed by atoms with van der Waals surface area (Å²) in [6.45, 7) is 2.21. The van der Waals surface area contributed by atoms with E-state index < -0.39 is 6.09 Å². The zero-order chi connectivity index (χ0) is 18.8. The highest BCUT2D eigenvalue weighted by molar-refractivity contribution is 6.11. The number of hydrogen-bond donors (Lipinski definition) is 1. The number of fused-ring (bicyclic) bond motifs is 3. The Morgan fingerprint density at radius 3 is 2.58 bits per heavy atom. The number of aromatic nitrogens is 2. The van der Waals surface area contributed by atoms with E-state index in [1.54, 1.807) is 11.6 Å². The van der Waals surface area contributed by atoms with Gasteiger partial charge in [-0.1, -0.05) is 31.5 Å². The lowest BCUT2D eigenvalue weighted by molar-refractivity contribution is 0.146. The van der Waals surface area contributed by atoms with Crippen LogP contribution in [0.25, 0.3) is 21.9 Å². The van der Waals surface area contributed by atoms with Gasteiger partial charge in [0, 0.05) is 17.8 Å². The Labute approximate surface area is 149 Å². The molecule has 0 aliphatic heterocycles. The molecule has 1 aromatic carbocycles. The molecule has 0 spiro atoms. The minimum absolute atomic E-state index is 0.0990. The van der Waals surface area contributed by atoms with Crippen molar-refractivity contribution < 1.29 is 9.53 Å². The van der Waals surface area contributed by atoms with Gasteiger partial charge in [-0.05, 0) is 12.5 Å². The van der Waals surface area contributed by atoms with Crippen molar-refractivity contribution in [2.24, 2.45) is 7.05 Å². The zero-order valence-corrected chi connectivity index (χ0v) is 14.5. The lowest BCUT2D eigenvalue weighted by atomic mass is 10.0. The molecule has 130 valence electrons. The lowest BCUT2D eigenvalue weighted by Crippen LogP contribution is -2.32. The van der Waals surface area contributed by atoms with Gasteiger partial charge >= 0.3 is 6.09 Å². The standard InChI is InChI=1S/C19H17N5O2/c1-3-4-9-26-19(25)24-17(22)14(11-21)13(10-20)16-12-7-5-6-8-15(12)23(2)18(16)24/h5-8,22H,3-4,9H2,1-2H3. The van der Waals surface area contributed by atoms with Gasteiger partial charge in [-0.25, -0.2) is 9.36 Å². The van der Waals surface area contributed by atoms with E-state index in [1.165, 1.54) is 0 Å². The third-order valence-electron chi connectivity index (χ3n) is 4.38. The first-order valence-corrected chi connectivity index (χ1v) is 8.24. The highest BCUT2D eigenvalue weighted by Crippen LogP contribution is 2.30. The summed E-state index contributed by atoms with van der Waals surface area (Å²) in [5, 5.41) is 28.7. The summed E-state index contributed by atoms with van der Waals surface area (Å²) in [5.74, 6) is 0. The molecule has 3 rings (SSSR count). The number of nitriles is 2. The van der Waals surface area contributed by atoms with Crippen LogP contribution in [0.4, 0.5) is 4.79 Å². The van der Waals surface area contributed by atoms with Crippen molar-refractivity contribution in [3.63, 3.8) is 0 Å². The number of nitrogens with zero attached hydrogens (tertiary/aromatic N) is 4. The third-order valence-corrected chi connectivity index (χ3v) is 4.38. The average Bonchev–Trinajstić information content (AvgIpc) is 2.94. The van der Waals surface area contributed by atoms with Crippen LogP contribution in [0.5, 0.6) is 0 Å². The molecule has 0 unspecified atom stereocenters. The molecule has 0 amide bonds. The maximum Gasteiger partial charge on any atom is 0.421 e. The van der Waals surface area contributed by atoms with Crippen molar-refractivity contribution in [1.82, 2.24) is 9.13 Å². The van der Waals surface area contributed by atoms with E-state index in [9.17, 15) is 15.3 Å². The highest BCUT2D eigenvalue weighted by atomic mass is 16.5. The molecule has 2 aromatic heterocycles. The van der Waals surface area contributed by atoms with E-state index in [-0.39, 0.29) is 23.2 Å². The fourth-order valence-electron chi connectivity index (χ4n) is 3.12. The largest absolute Gasteiger partial charge is 0.449 e. The first-order chi connectivity index (χ1) is 12.6. The number of hydrogen-bond acceptors (Lipinski definition) is 5. The monoisotopic (exact) mass is 347 g/mol. The zero-order valence-electron chi connectivity index (χ0n) is 14.5. The first-order valence-electron chi connectivity index (χ1n) is 8.24. The van der Waals surface area contributed by atoms with Gasteiger partial charge in [0.2, 0.25) is 0 Å². The quantitative estimate of drug-likeness (QED) is 0.734. The molecular formula is C19H17N5O2. The van der Waals surface area contributed by atoms with E-state index in [1.807, 2.05) is 43.3 Å². The minimum atomic E-state index is -0.722. The molecule has 7 nitrogen and oxygen atoms in total. The highest BCUT2D eigenvalue weighted by Gasteiger charge is 2.24. The van der Waals surface area contributed by atoms with Crippen LogP contribution in [0.2, 0.25) is 0 Å². The molecule has 0 bridgehead atoms. The second-order valence-corrected chi connectivity index (χ2v) is 5.90. The van der Waals surface area contributed by atoms with Crippen molar-refractivity contribution in [2.75, 3.05) is 6.61 Å². The molecule has 7 heteroatoms. The van der Waals surface area contributed by atoms with Crippen LogP contribution < -0.4 is 5.49 Å². The van der Waals surface area contributed by atoms with Crippen molar-refractivity contribution in [2.45, 2.75) is 19.8 Å². The van der Waals surface area contributed by atoms with Crippen molar-refractivity contribution >= 4 is 28.0 Å². The molecule has 0 saturated carbocycles. The number of pyridine rings is 1. The van der Waals surface area contributed by atoms with Gasteiger partial charge in [0.15, 0.2) is 5.49 Å². The van der Waals surface area contributed by atoms with Crippen LogP contribution >= 0.6 is 0 Å². The summed E-state index contributed by atoms with van der Waals surface area (Å²) in [7, 11) is 1.76. The van der Waals surface area contributed by atoms with Crippen LogP contribution in [-0.4, -0.2) is 21.8 Å². The molecule has 2 heterocycles. The number of aryl methyl sites for hydroxylation is 1. The number of nitrogens with one attached hydrogen (secondary N) is 1. The van der Waals surface area contributed by atoms with Gasteiger partial charge in [-0.3, -0.25) is 5.41 Å². The van der Waals surface area contributed by atoms with Crippen LogP contribution in [0.15, 0.2) is 24.3 Å². The Morgan fingerprint density at radius 1 is 1.23 bits per heavy atom. The third kappa shape index (κ3) is 2.42. The van der Waals surface area contributed by atoms with Gasteiger partial charge in [0.1, 0.15) is 23.3 Å². The van der Waals surface area contributed by atoms with Gasteiger partial charge in [0.25, 0.3) is 0 Å². The molecule has 3 aromatic rings. The summed E-state index contributed by atoms with van der Waals surface area (Å²) in [6.07, 6.45) is 0.853. The fourth-order valence-corrected chi connectivity index (χ4v) is 3.12. The molecule has 0 saturated heterocycles. The summed E-state index contributed by atoms with van der Waals surface area (Å²) < 4.78 is 8.10. The van der Waals surface area contributed by atoms with E-state index in [2.05, 4.69) is 0 Å². The molecule has 26 heavy (non-hydrogen) atoms. The molecule has 0 aliphatic carbocycles. The smallest absolute Gasteiger partial charge is 0.421 e. The first kappa shape index (κ1) is 17.2. The minimum Gasteiger partial charge on any atom is -0.449 e. The number of benzene rings is 1. The Kier molecular flexibility index (Phi) is 4.47. The number of carbonyl (C=O) groups excluding carboxylic acids is 1. The second-order valence-electron chi connectivity index (χ2n) is 5.90. The average molecular weight is 347 g/mol. The molecular weight excluding hydrogens is 330 g/mol. The Morgan fingerprint density at radius 2 is 1.92 bits per heavy atom. The maximum atomic E-state index is 12.7. The van der Waals surface area contributed by atoms with Crippen molar-refractivity contribution in [3.05, 3.63) is 40.9 Å². The van der Waals surface area contributed by atoms with Crippen LogP contribution in [0.3, 0.4) is 0 Å². The molecule has 0 atom stereocenters. The lowest BCUT2D eigenvalue weighted by Gasteiger charge is -2.12. The molecule has 0 radical (unpaired) electrons. The van der Waals surface area contributed by atoms with E-state index in [0.717, 1.165) is 21.9 Å². The van der Waals surface area contributed by atoms with Crippen LogP contribution in [-0.2, 0) is 11.8 Å². The van der Waals surface area contributed by atoms with E-state index >= 15 is 0 Å². The Hall–Kier alpha value is -3.58. The van der Waals surface area contributed by atoms with Crippen molar-refractivity contribution in [1.29, 1.82) is 15.9 Å². The SMILES string of the molecule is CCCCOC(=O)n1c(=N)c(C#N)c(C#N)c2c3ccccc3n(C)c21.